The number of alkyl halides is 3. The fraction of sp³-hybridized carbons (Fsp3) is 0.333. The molecule has 0 saturated carbocycles. The number of hydrogen-bond donors (Lipinski definition) is 1. The first-order chi connectivity index (χ1) is 14.0. The van der Waals surface area contributed by atoms with Crippen molar-refractivity contribution in [2.75, 3.05) is 13.7 Å². The number of imidazole rings is 1. The zero-order valence-corrected chi connectivity index (χ0v) is 17.0. The van der Waals surface area contributed by atoms with Crippen molar-refractivity contribution in [1.82, 2.24) is 14.7 Å². The van der Waals surface area contributed by atoms with Crippen molar-refractivity contribution < 1.29 is 27.4 Å². The summed E-state index contributed by atoms with van der Waals surface area (Å²) >= 11 is 0. The summed E-state index contributed by atoms with van der Waals surface area (Å²) in [6, 6.07) is 7.99. The largest absolute Gasteiger partial charge is 0.495 e. The molecule has 0 aliphatic rings. The van der Waals surface area contributed by atoms with Crippen LogP contribution in [0, 0.1) is 0 Å². The lowest BCUT2D eigenvalue weighted by molar-refractivity contribution is -0.153. The normalized spacial score (nSPS) is 12.1. The van der Waals surface area contributed by atoms with E-state index < -0.39 is 18.3 Å². The Hall–Kier alpha value is -3.23. The molecule has 0 bridgehead atoms. The second kappa shape index (κ2) is 7.89. The number of aromatic nitrogens is 2. The fourth-order valence-corrected chi connectivity index (χ4v) is 2.87. The van der Waals surface area contributed by atoms with Crippen LogP contribution in [-0.4, -0.2) is 40.7 Å². The molecule has 0 saturated heterocycles. The number of amides is 1. The maximum absolute atomic E-state index is 12.7. The topological polar surface area (TPSA) is 64.9 Å². The van der Waals surface area contributed by atoms with Gasteiger partial charge in [0, 0.05) is 22.9 Å². The molecule has 0 spiro atoms. The summed E-state index contributed by atoms with van der Waals surface area (Å²) in [5, 5.41) is 2.84. The van der Waals surface area contributed by atoms with Gasteiger partial charge in [0.2, 0.25) is 0 Å². The molecule has 3 rings (SSSR count). The number of pyridine rings is 1. The maximum atomic E-state index is 12.7. The molecule has 0 aliphatic heterocycles. The second-order valence-electron chi connectivity index (χ2n) is 7.75. The number of carbonyl (C=O) groups excluding carboxylic acids is 1. The van der Waals surface area contributed by atoms with E-state index in [0.29, 0.717) is 22.5 Å². The van der Waals surface area contributed by atoms with E-state index in [1.165, 1.54) is 13.2 Å². The lowest BCUT2D eigenvalue weighted by atomic mass is 10.1. The third-order valence-electron chi connectivity index (χ3n) is 4.05. The van der Waals surface area contributed by atoms with Crippen LogP contribution < -0.4 is 14.8 Å². The van der Waals surface area contributed by atoms with Crippen LogP contribution >= 0.6 is 0 Å². The Kier molecular flexibility index (Phi) is 5.65. The number of nitrogens with one attached hydrogen (secondary N) is 1. The Morgan fingerprint density at radius 1 is 1.13 bits per heavy atom. The molecule has 0 aliphatic carbocycles. The Morgan fingerprint density at radius 2 is 1.83 bits per heavy atom. The number of fused-ring (bicyclic) bond motifs is 1. The SMILES string of the molecule is COc1cc(-c2ccccc2OCC(F)(F)F)c2nc(C(=O)NC(C)(C)C)cn2c1. The second-order valence-corrected chi connectivity index (χ2v) is 7.75. The molecule has 2 heterocycles. The van der Waals surface area contributed by atoms with Crippen molar-refractivity contribution in [3.8, 4) is 22.6 Å². The van der Waals surface area contributed by atoms with Crippen LogP contribution in [0.2, 0.25) is 0 Å². The highest BCUT2D eigenvalue weighted by Gasteiger charge is 2.29. The minimum atomic E-state index is -4.47. The lowest BCUT2D eigenvalue weighted by Crippen LogP contribution is -2.40. The number of rotatable bonds is 5. The smallest absolute Gasteiger partial charge is 0.422 e. The molecular formula is C21H22F3N3O3. The van der Waals surface area contributed by atoms with Crippen molar-refractivity contribution in [3.05, 3.63) is 48.4 Å². The van der Waals surface area contributed by atoms with Gasteiger partial charge in [0.15, 0.2) is 6.61 Å². The number of carbonyl (C=O) groups is 1. The first-order valence-corrected chi connectivity index (χ1v) is 9.15. The molecule has 160 valence electrons. The van der Waals surface area contributed by atoms with Gasteiger partial charge in [-0.05, 0) is 32.9 Å². The predicted octanol–water partition coefficient (Wildman–Crippen LogP) is 4.48. The van der Waals surface area contributed by atoms with E-state index in [1.54, 1.807) is 41.1 Å². The van der Waals surface area contributed by atoms with Crippen molar-refractivity contribution in [3.63, 3.8) is 0 Å². The number of para-hydroxylation sites is 1. The monoisotopic (exact) mass is 421 g/mol. The highest BCUT2D eigenvalue weighted by Crippen LogP contribution is 2.35. The average molecular weight is 421 g/mol. The minimum absolute atomic E-state index is 0.0497. The maximum Gasteiger partial charge on any atom is 0.422 e. The van der Waals surface area contributed by atoms with Gasteiger partial charge >= 0.3 is 6.18 Å². The van der Waals surface area contributed by atoms with E-state index in [2.05, 4.69) is 10.3 Å². The van der Waals surface area contributed by atoms with Gasteiger partial charge in [-0.2, -0.15) is 13.2 Å². The summed E-state index contributed by atoms with van der Waals surface area (Å²) < 4.78 is 49.9. The first-order valence-electron chi connectivity index (χ1n) is 9.15. The van der Waals surface area contributed by atoms with E-state index in [4.69, 9.17) is 9.47 Å². The van der Waals surface area contributed by atoms with Gasteiger partial charge in [0.25, 0.3) is 5.91 Å². The average Bonchev–Trinajstić information content (AvgIpc) is 3.08. The van der Waals surface area contributed by atoms with Crippen LogP contribution in [0.3, 0.4) is 0 Å². The number of hydrogen-bond acceptors (Lipinski definition) is 4. The molecule has 1 amide bonds. The van der Waals surface area contributed by atoms with Crippen molar-refractivity contribution in [2.24, 2.45) is 0 Å². The molecular weight excluding hydrogens is 399 g/mol. The first kappa shape index (κ1) is 21.5. The fourth-order valence-electron chi connectivity index (χ4n) is 2.87. The van der Waals surface area contributed by atoms with Gasteiger partial charge in [-0.25, -0.2) is 4.98 Å². The van der Waals surface area contributed by atoms with Gasteiger partial charge < -0.3 is 19.2 Å². The van der Waals surface area contributed by atoms with Crippen molar-refractivity contribution in [1.29, 1.82) is 0 Å². The number of benzene rings is 1. The number of ether oxygens (including phenoxy) is 2. The molecule has 30 heavy (non-hydrogen) atoms. The van der Waals surface area contributed by atoms with Crippen LogP contribution in [-0.2, 0) is 0 Å². The zero-order valence-electron chi connectivity index (χ0n) is 17.0. The molecule has 3 aromatic rings. The standard InChI is InChI=1S/C21H22F3N3O3/c1-20(2,3)26-19(28)16-11-27-10-13(29-4)9-15(18(27)25-16)14-7-5-6-8-17(14)30-12-21(22,23)24/h5-11H,12H2,1-4H3,(H,26,28). The summed E-state index contributed by atoms with van der Waals surface area (Å²) in [6.45, 7) is 4.13. The summed E-state index contributed by atoms with van der Waals surface area (Å²) in [7, 11) is 1.47. The summed E-state index contributed by atoms with van der Waals surface area (Å²) in [5.74, 6) is 0.134. The van der Waals surface area contributed by atoms with Crippen LogP contribution in [0.5, 0.6) is 11.5 Å². The minimum Gasteiger partial charge on any atom is -0.495 e. The van der Waals surface area contributed by atoms with E-state index >= 15 is 0 Å². The Morgan fingerprint density at radius 3 is 2.47 bits per heavy atom. The van der Waals surface area contributed by atoms with Crippen molar-refractivity contribution in [2.45, 2.75) is 32.5 Å². The zero-order chi connectivity index (χ0) is 22.1. The molecule has 0 radical (unpaired) electrons. The van der Waals surface area contributed by atoms with Crippen LogP contribution in [0.25, 0.3) is 16.8 Å². The molecule has 2 aromatic heterocycles. The Balaban J connectivity index is 2.11. The highest BCUT2D eigenvalue weighted by atomic mass is 19.4. The number of nitrogens with zero attached hydrogens (tertiary/aromatic N) is 2. The Labute approximate surface area is 171 Å². The van der Waals surface area contributed by atoms with Gasteiger partial charge in [0.1, 0.15) is 22.8 Å². The third-order valence-corrected chi connectivity index (χ3v) is 4.05. The predicted molar refractivity (Wildman–Crippen MR) is 106 cm³/mol. The molecule has 0 fully saturated rings. The van der Waals surface area contributed by atoms with Crippen LogP contribution in [0.15, 0.2) is 42.7 Å². The summed E-state index contributed by atoms with van der Waals surface area (Å²) in [6.07, 6.45) is -1.29. The summed E-state index contributed by atoms with van der Waals surface area (Å²) in [4.78, 5) is 17.0. The third kappa shape index (κ3) is 5.03. The number of halogens is 3. The molecule has 0 unspecified atom stereocenters. The lowest BCUT2D eigenvalue weighted by Gasteiger charge is -2.19. The van der Waals surface area contributed by atoms with E-state index in [0.717, 1.165) is 0 Å². The van der Waals surface area contributed by atoms with Crippen LogP contribution in [0.1, 0.15) is 31.3 Å². The van der Waals surface area contributed by atoms with Crippen molar-refractivity contribution >= 4 is 11.6 Å². The Bertz CT molecular complexity index is 1070. The number of methoxy groups -OCH3 is 1. The summed E-state index contributed by atoms with van der Waals surface area (Å²) in [5.41, 5.74) is 0.984. The molecule has 9 heteroatoms. The molecule has 1 N–H and O–H groups in total. The van der Waals surface area contributed by atoms with E-state index in [9.17, 15) is 18.0 Å². The highest BCUT2D eigenvalue weighted by molar-refractivity contribution is 5.94. The van der Waals surface area contributed by atoms with Gasteiger partial charge in [0.05, 0.1) is 13.3 Å². The molecule has 6 nitrogen and oxygen atoms in total. The van der Waals surface area contributed by atoms with Gasteiger partial charge in [-0.15, -0.1) is 0 Å². The quantitative estimate of drug-likeness (QED) is 0.660. The van der Waals surface area contributed by atoms with Crippen LogP contribution in [0.4, 0.5) is 13.2 Å². The molecule has 0 atom stereocenters. The molecule has 1 aromatic carbocycles. The van der Waals surface area contributed by atoms with E-state index in [-0.39, 0.29) is 17.4 Å². The van der Waals surface area contributed by atoms with E-state index in [1.807, 2.05) is 20.8 Å². The van der Waals surface area contributed by atoms with Gasteiger partial charge in [-0.1, -0.05) is 18.2 Å². The van der Waals surface area contributed by atoms with Gasteiger partial charge in [-0.3, -0.25) is 4.79 Å².